The number of H-pyrrole nitrogens is 1. The number of aromatic nitrogens is 3. The second kappa shape index (κ2) is 7.64. The highest BCUT2D eigenvalue weighted by Crippen LogP contribution is 2.22. The van der Waals surface area contributed by atoms with Crippen LogP contribution in [0.5, 0.6) is 0 Å². The minimum absolute atomic E-state index is 0.290. The molecule has 1 aromatic carbocycles. The molecule has 2 heterocycles. The Balaban J connectivity index is 0.000000321. The first-order valence-corrected chi connectivity index (χ1v) is 9.68. The fourth-order valence-electron chi connectivity index (χ4n) is 1.87. The van der Waals surface area contributed by atoms with Crippen molar-refractivity contribution in [3.63, 3.8) is 0 Å². The molecule has 2 N–H and O–H groups in total. The molecule has 0 spiro atoms. The first-order valence-electron chi connectivity index (χ1n) is 7.00. The van der Waals surface area contributed by atoms with Gasteiger partial charge >= 0.3 is 12.1 Å². The zero-order valence-electron chi connectivity index (χ0n) is 13.5. The number of aromatic amines is 1. The van der Waals surface area contributed by atoms with Crippen molar-refractivity contribution in [2.45, 2.75) is 11.1 Å². The highest BCUT2D eigenvalue weighted by Gasteiger charge is 2.38. The van der Waals surface area contributed by atoms with Crippen LogP contribution < -0.4 is 0 Å². The van der Waals surface area contributed by atoms with Crippen LogP contribution in [0.2, 0.25) is 0 Å². The standard InChI is InChI=1S/C13H10BrN3O2S.C2HF3O2/c1-20(18,19)10-4-2-8(3-5-10)12-16-11-6-9(14)7-15-13(11)17-12;3-2(4,5)1(6)7/h2-7H,1H3,(H,15,16,17);(H,6,7). The molecule has 12 heteroatoms. The monoisotopic (exact) mass is 465 g/mol. The topological polar surface area (TPSA) is 113 Å². The van der Waals surface area contributed by atoms with Gasteiger partial charge in [-0.15, -0.1) is 0 Å². The maximum atomic E-state index is 11.4. The summed E-state index contributed by atoms with van der Waals surface area (Å²) in [7, 11) is -3.18. The Morgan fingerprint density at radius 3 is 2.26 bits per heavy atom. The van der Waals surface area contributed by atoms with Gasteiger partial charge in [-0.1, -0.05) is 0 Å². The van der Waals surface area contributed by atoms with Crippen molar-refractivity contribution in [1.29, 1.82) is 0 Å². The van der Waals surface area contributed by atoms with Gasteiger partial charge in [0.1, 0.15) is 5.82 Å². The number of carboxylic acid groups (broad SMARTS) is 1. The van der Waals surface area contributed by atoms with Crippen LogP contribution in [0.15, 0.2) is 45.9 Å². The van der Waals surface area contributed by atoms with E-state index in [9.17, 15) is 21.6 Å². The number of carboxylic acids is 1. The predicted molar refractivity (Wildman–Crippen MR) is 93.8 cm³/mol. The van der Waals surface area contributed by atoms with Gasteiger partial charge in [-0.2, -0.15) is 13.2 Å². The number of pyridine rings is 1. The van der Waals surface area contributed by atoms with E-state index in [2.05, 4.69) is 30.9 Å². The second-order valence-electron chi connectivity index (χ2n) is 5.21. The van der Waals surface area contributed by atoms with Gasteiger partial charge in [-0.3, -0.25) is 0 Å². The Kier molecular flexibility index (Phi) is 5.90. The summed E-state index contributed by atoms with van der Waals surface area (Å²) < 4.78 is 55.4. The van der Waals surface area contributed by atoms with E-state index in [4.69, 9.17) is 9.90 Å². The van der Waals surface area contributed by atoms with E-state index in [1.54, 1.807) is 30.5 Å². The maximum absolute atomic E-state index is 11.4. The maximum Gasteiger partial charge on any atom is 0.490 e. The summed E-state index contributed by atoms with van der Waals surface area (Å²) >= 11 is 3.35. The van der Waals surface area contributed by atoms with Crippen LogP contribution in [0.1, 0.15) is 0 Å². The van der Waals surface area contributed by atoms with E-state index >= 15 is 0 Å². The fraction of sp³-hybridized carbons (Fsp3) is 0.133. The lowest BCUT2D eigenvalue weighted by molar-refractivity contribution is -0.192. The van der Waals surface area contributed by atoms with Crippen LogP contribution in [0.25, 0.3) is 22.6 Å². The Hall–Kier alpha value is -2.47. The normalized spacial score (nSPS) is 11.7. The van der Waals surface area contributed by atoms with Crippen LogP contribution in [0.3, 0.4) is 0 Å². The molecule has 0 aliphatic heterocycles. The Morgan fingerprint density at radius 2 is 1.78 bits per heavy atom. The van der Waals surface area contributed by atoms with Crippen LogP contribution in [0, 0.1) is 0 Å². The zero-order chi connectivity index (χ0) is 20.4. The van der Waals surface area contributed by atoms with Crippen molar-refractivity contribution >= 4 is 42.9 Å². The highest BCUT2D eigenvalue weighted by atomic mass is 79.9. The molecule has 0 fully saturated rings. The molecule has 2 aromatic heterocycles. The van der Waals surface area contributed by atoms with Gasteiger partial charge in [0, 0.05) is 22.5 Å². The summed E-state index contributed by atoms with van der Waals surface area (Å²) in [4.78, 5) is 20.9. The fourth-order valence-corrected chi connectivity index (χ4v) is 2.83. The minimum atomic E-state index is -5.08. The van der Waals surface area contributed by atoms with E-state index in [0.29, 0.717) is 16.4 Å². The number of halogens is 4. The molecule has 0 unspecified atom stereocenters. The molecule has 0 saturated heterocycles. The lowest BCUT2D eigenvalue weighted by Crippen LogP contribution is -2.21. The highest BCUT2D eigenvalue weighted by molar-refractivity contribution is 9.10. The van der Waals surface area contributed by atoms with Crippen LogP contribution in [-0.4, -0.2) is 46.9 Å². The van der Waals surface area contributed by atoms with E-state index < -0.39 is 22.0 Å². The molecular formula is C15H11BrF3N3O4S. The number of benzene rings is 1. The van der Waals surface area contributed by atoms with Crippen molar-refractivity contribution in [3.05, 3.63) is 41.0 Å². The van der Waals surface area contributed by atoms with E-state index in [-0.39, 0.29) is 0 Å². The van der Waals surface area contributed by atoms with Crippen molar-refractivity contribution in [2.24, 2.45) is 0 Å². The lowest BCUT2D eigenvalue weighted by Gasteiger charge is -1.99. The quantitative estimate of drug-likeness (QED) is 0.599. The number of nitrogens with zero attached hydrogens (tertiary/aromatic N) is 2. The lowest BCUT2D eigenvalue weighted by atomic mass is 10.2. The van der Waals surface area contributed by atoms with E-state index in [0.717, 1.165) is 15.6 Å². The van der Waals surface area contributed by atoms with Gasteiger partial charge in [0.2, 0.25) is 0 Å². The van der Waals surface area contributed by atoms with E-state index in [1.807, 2.05) is 6.07 Å². The summed E-state index contributed by atoms with van der Waals surface area (Å²) in [5, 5.41) is 7.12. The minimum Gasteiger partial charge on any atom is -0.475 e. The molecule has 0 radical (unpaired) electrons. The zero-order valence-corrected chi connectivity index (χ0v) is 15.9. The van der Waals surface area contributed by atoms with Crippen LogP contribution in [0.4, 0.5) is 13.2 Å². The number of imidazole rings is 1. The number of sulfone groups is 1. The first kappa shape index (κ1) is 20.8. The van der Waals surface area contributed by atoms with Crippen molar-refractivity contribution in [2.75, 3.05) is 6.26 Å². The average molecular weight is 466 g/mol. The van der Waals surface area contributed by atoms with Crippen LogP contribution >= 0.6 is 15.9 Å². The van der Waals surface area contributed by atoms with E-state index in [1.165, 1.54) is 6.26 Å². The summed E-state index contributed by atoms with van der Waals surface area (Å²) in [6, 6.07) is 8.48. The number of nitrogens with one attached hydrogen (secondary N) is 1. The third-order valence-electron chi connectivity index (χ3n) is 3.10. The smallest absolute Gasteiger partial charge is 0.475 e. The van der Waals surface area contributed by atoms with Crippen LogP contribution in [-0.2, 0) is 14.6 Å². The number of hydrogen-bond donors (Lipinski definition) is 2. The molecule has 0 amide bonds. The molecule has 0 bridgehead atoms. The molecule has 0 aliphatic rings. The summed E-state index contributed by atoms with van der Waals surface area (Å²) in [5.41, 5.74) is 2.25. The number of carbonyl (C=O) groups is 1. The molecule has 0 aliphatic carbocycles. The second-order valence-corrected chi connectivity index (χ2v) is 8.14. The molecular weight excluding hydrogens is 455 g/mol. The Labute approximate surface area is 159 Å². The Bertz CT molecular complexity index is 1080. The number of alkyl halides is 3. The van der Waals surface area contributed by atoms with Gasteiger partial charge < -0.3 is 10.1 Å². The summed E-state index contributed by atoms with van der Waals surface area (Å²) in [6.45, 7) is 0. The number of hydrogen-bond acceptors (Lipinski definition) is 5. The summed E-state index contributed by atoms with van der Waals surface area (Å²) in [5.74, 6) is -2.10. The number of fused-ring (bicyclic) bond motifs is 1. The molecule has 3 aromatic rings. The molecule has 0 atom stereocenters. The van der Waals surface area contributed by atoms with Crippen molar-refractivity contribution in [1.82, 2.24) is 15.0 Å². The molecule has 27 heavy (non-hydrogen) atoms. The Morgan fingerprint density at radius 1 is 1.22 bits per heavy atom. The van der Waals surface area contributed by atoms with Crippen molar-refractivity contribution < 1.29 is 31.5 Å². The largest absolute Gasteiger partial charge is 0.490 e. The molecule has 144 valence electrons. The predicted octanol–water partition coefficient (Wildman–Crippen LogP) is 3.42. The van der Waals surface area contributed by atoms with Gasteiger partial charge in [0.25, 0.3) is 0 Å². The number of rotatable bonds is 2. The SMILES string of the molecule is CS(=O)(=O)c1ccc(-c2nc3ncc(Br)cc3[nH]2)cc1.O=C(O)C(F)(F)F. The van der Waals surface area contributed by atoms with Gasteiger partial charge in [0.05, 0.1) is 10.4 Å². The summed E-state index contributed by atoms with van der Waals surface area (Å²) in [6.07, 6.45) is -2.22. The average Bonchev–Trinajstić information content (AvgIpc) is 2.97. The van der Waals surface area contributed by atoms with Gasteiger partial charge in [0.15, 0.2) is 15.5 Å². The molecule has 0 saturated carbocycles. The van der Waals surface area contributed by atoms with Crippen molar-refractivity contribution in [3.8, 4) is 11.4 Å². The molecule has 7 nitrogen and oxygen atoms in total. The number of aliphatic carboxylic acids is 1. The third kappa shape index (κ3) is 5.50. The molecule has 3 rings (SSSR count). The first-order chi connectivity index (χ1) is 12.4. The van der Waals surface area contributed by atoms with Gasteiger partial charge in [-0.05, 0) is 46.3 Å². The third-order valence-corrected chi connectivity index (χ3v) is 4.66. The van der Waals surface area contributed by atoms with Gasteiger partial charge in [-0.25, -0.2) is 23.2 Å².